The molecule has 0 fully saturated rings. The molecular formula is C18H16N2O6. The van der Waals surface area contributed by atoms with Gasteiger partial charge in [0.1, 0.15) is 6.54 Å². The number of nitrogens with one attached hydrogen (secondary N) is 1. The molecule has 0 saturated heterocycles. The highest BCUT2D eigenvalue weighted by Crippen LogP contribution is 2.12. The van der Waals surface area contributed by atoms with Gasteiger partial charge in [0, 0.05) is 23.3 Å². The molecule has 0 aliphatic rings. The molecule has 0 aliphatic heterocycles. The first-order chi connectivity index (χ1) is 12.4. The Balaban J connectivity index is 1.79. The monoisotopic (exact) mass is 356 g/mol. The minimum absolute atomic E-state index is 0.141. The van der Waals surface area contributed by atoms with E-state index in [1.54, 1.807) is 24.3 Å². The third-order valence-corrected chi connectivity index (χ3v) is 3.47. The molecule has 2 aromatic carbocycles. The molecule has 0 heterocycles. The fourth-order valence-electron chi connectivity index (χ4n) is 2.01. The second-order valence-corrected chi connectivity index (χ2v) is 5.44. The van der Waals surface area contributed by atoms with Crippen LogP contribution in [-0.2, 0) is 9.53 Å². The van der Waals surface area contributed by atoms with Crippen LogP contribution in [0.2, 0.25) is 0 Å². The second-order valence-electron chi connectivity index (χ2n) is 5.44. The molecule has 26 heavy (non-hydrogen) atoms. The van der Waals surface area contributed by atoms with Gasteiger partial charge in [-0.2, -0.15) is 0 Å². The normalized spacial score (nSPS) is 10.0. The van der Waals surface area contributed by atoms with Gasteiger partial charge >= 0.3 is 5.97 Å². The van der Waals surface area contributed by atoms with Crippen molar-refractivity contribution >= 4 is 23.3 Å². The highest BCUT2D eigenvalue weighted by atomic mass is 16.6. The molecule has 2 rings (SSSR count). The standard InChI is InChI=1S/C18H16N2O6/c1-12-2-4-14(5-3-12)18(23)19-10-17(22)26-11-16(21)13-6-8-15(9-7-13)20(24)25/h2-9H,10-11H2,1H3,(H,19,23). The Morgan fingerprint density at radius 3 is 2.15 bits per heavy atom. The van der Waals surface area contributed by atoms with Crippen LogP contribution >= 0.6 is 0 Å². The molecule has 0 unspecified atom stereocenters. The lowest BCUT2D eigenvalue weighted by molar-refractivity contribution is -0.384. The fraction of sp³-hybridized carbons (Fsp3) is 0.167. The Morgan fingerprint density at radius 2 is 1.58 bits per heavy atom. The molecule has 8 nitrogen and oxygen atoms in total. The van der Waals surface area contributed by atoms with Crippen molar-refractivity contribution in [2.45, 2.75) is 6.92 Å². The quantitative estimate of drug-likeness (QED) is 0.351. The minimum atomic E-state index is -0.763. The minimum Gasteiger partial charge on any atom is -0.456 e. The summed E-state index contributed by atoms with van der Waals surface area (Å²) < 4.78 is 4.80. The average Bonchev–Trinajstić information content (AvgIpc) is 2.64. The number of carbonyl (C=O) groups excluding carboxylic acids is 3. The number of ether oxygens (including phenoxy) is 1. The number of carbonyl (C=O) groups is 3. The number of benzene rings is 2. The van der Waals surface area contributed by atoms with Crippen LogP contribution in [0.1, 0.15) is 26.3 Å². The first-order valence-electron chi connectivity index (χ1n) is 7.65. The summed E-state index contributed by atoms with van der Waals surface area (Å²) in [6.07, 6.45) is 0. The van der Waals surface area contributed by atoms with Gasteiger partial charge in [0.15, 0.2) is 12.4 Å². The maximum atomic E-state index is 11.9. The van der Waals surface area contributed by atoms with Crippen LogP contribution in [0.3, 0.4) is 0 Å². The molecular weight excluding hydrogens is 340 g/mol. The van der Waals surface area contributed by atoms with Crippen molar-refractivity contribution in [1.82, 2.24) is 5.32 Å². The lowest BCUT2D eigenvalue weighted by Gasteiger charge is -2.06. The van der Waals surface area contributed by atoms with Crippen LogP contribution in [0.4, 0.5) is 5.69 Å². The topological polar surface area (TPSA) is 116 Å². The summed E-state index contributed by atoms with van der Waals surface area (Å²) in [5.41, 5.74) is 1.46. The zero-order valence-electron chi connectivity index (χ0n) is 13.9. The van der Waals surface area contributed by atoms with E-state index >= 15 is 0 Å². The van der Waals surface area contributed by atoms with Gasteiger partial charge in [-0.3, -0.25) is 24.5 Å². The molecule has 0 aromatic heterocycles. The predicted octanol–water partition coefficient (Wildman–Crippen LogP) is 2.06. The third-order valence-electron chi connectivity index (χ3n) is 3.47. The van der Waals surface area contributed by atoms with Crippen molar-refractivity contribution in [2.24, 2.45) is 0 Å². The van der Waals surface area contributed by atoms with Gasteiger partial charge in [-0.15, -0.1) is 0 Å². The average molecular weight is 356 g/mol. The Bertz CT molecular complexity index is 828. The van der Waals surface area contributed by atoms with E-state index in [1.807, 2.05) is 6.92 Å². The summed E-state index contributed by atoms with van der Waals surface area (Å²) in [7, 11) is 0. The molecule has 8 heteroatoms. The van der Waals surface area contributed by atoms with E-state index in [0.29, 0.717) is 5.56 Å². The van der Waals surface area contributed by atoms with E-state index in [-0.39, 0.29) is 17.8 Å². The Labute approximate surface area is 148 Å². The number of aryl methyl sites for hydroxylation is 1. The van der Waals surface area contributed by atoms with Crippen molar-refractivity contribution in [3.05, 3.63) is 75.3 Å². The number of nitro groups is 1. The molecule has 0 bridgehead atoms. The Hall–Kier alpha value is -3.55. The summed E-state index contributed by atoms with van der Waals surface area (Å²) in [6.45, 7) is 0.998. The number of rotatable bonds is 7. The van der Waals surface area contributed by atoms with Gasteiger partial charge in [0.05, 0.1) is 4.92 Å². The summed E-state index contributed by atoms with van der Waals surface area (Å²) in [6, 6.07) is 11.8. The lowest BCUT2D eigenvalue weighted by Crippen LogP contribution is -2.31. The molecule has 0 atom stereocenters. The number of amides is 1. The largest absolute Gasteiger partial charge is 0.456 e. The zero-order chi connectivity index (χ0) is 19.1. The zero-order valence-corrected chi connectivity index (χ0v) is 13.9. The number of nitro benzene ring substituents is 1. The van der Waals surface area contributed by atoms with Crippen molar-refractivity contribution < 1.29 is 24.0 Å². The van der Waals surface area contributed by atoms with Gasteiger partial charge in [-0.05, 0) is 31.2 Å². The first-order valence-corrected chi connectivity index (χ1v) is 7.65. The molecule has 2 aromatic rings. The number of esters is 1. The second kappa shape index (κ2) is 8.52. The van der Waals surface area contributed by atoms with E-state index < -0.39 is 29.2 Å². The first kappa shape index (κ1) is 18.8. The molecule has 0 radical (unpaired) electrons. The number of hydrogen-bond donors (Lipinski definition) is 1. The molecule has 1 N–H and O–H groups in total. The van der Waals surface area contributed by atoms with E-state index in [9.17, 15) is 24.5 Å². The molecule has 1 amide bonds. The van der Waals surface area contributed by atoms with Crippen LogP contribution in [0.15, 0.2) is 48.5 Å². The molecule has 0 saturated carbocycles. The molecule has 0 spiro atoms. The van der Waals surface area contributed by atoms with Crippen LogP contribution in [0, 0.1) is 17.0 Å². The van der Waals surface area contributed by atoms with E-state index in [4.69, 9.17) is 4.74 Å². The predicted molar refractivity (Wildman–Crippen MR) is 91.9 cm³/mol. The van der Waals surface area contributed by atoms with Crippen LogP contribution in [0.5, 0.6) is 0 Å². The highest BCUT2D eigenvalue weighted by molar-refractivity contribution is 5.99. The van der Waals surface area contributed by atoms with Gasteiger partial charge in [0.25, 0.3) is 11.6 Å². The number of Topliss-reactive ketones (excluding diaryl/α,β-unsaturated/α-hetero) is 1. The highest BCUT2D eigenvalue weighted by Gasteiger charge is 2.13. The maximum absolute atomic E-state index is 11.9. The van der Waals surface area contributed by atoms with E-state index in [0.717, 1.165) is 5.56 Å². The Kier molecular flexibility index (Phi) is 6.15. The Morgan fingerprint density at radius 1 is 1.00 bits per heavy atom. The number of hydrogen-bond acceptors (Lipinski definition) is 6. The number of nitrogens with zero attached hydrogens (tertiary/aromatic N) is 1. The van der Waals surface area contributed by atoms with E-state index in [1.165, 1.54) is 24.3 Å². The maximum Gasteiger partial charge on any atom is 0.325 e. The number of ketones is 1. The van der Waals surface area contributed by atoms with Gasteiger partial charge in [0.2, 0.25) is 0 Å². The van der Waals surface area contributed by atoms with Crippen molar-refractivity contribution in [3.8, 4) is 0 Å². The van der Waals surface area contributed by atoms with Crippen molar-refractivity contribution in [2.75, 3.05) is 13.2 Å². The van der Waals surface area contributed by atoms with Crippen LogP contribution in [0.25, 0.3) is 0 Å². The summed E-state index contributed by atoms with van der Waals surface area (Å²) >= 11 is 0. The molecule has 0 aliphatic carbocycles. The fourth-order valence-corrected chi connectivity index (χ4v) is 2.01. The molecule has 134 valence electrons. The summed E-state index contributed by atoms with van der Waals surface area (Å²) in [5.74, 6) is -1.69. The SMILES string of the molecule is Cc1ccc(C(=O)NCC(=O)OCC(=O)c2ccc([N+](=O)[O-])cc2)cc1. The van der Waals surface area contributed by atoms with Crippen molar-refractivity contribution in [3.63, 3.8) is 0 Å². The smallest absolute Gasteiger partial charge is 0.325 e. The van der Waals surface area contributed by atoms with Gasteiger partial charge < -0.3 is 10.1 Å². The summed E-state index contributed by atoms with van der Waals surface area (Å²) in [4.78, 5) is 45.4. The van der Waals surface area contributed by atoms with Gasteiger partial charge in [-0.1, -0.05) is 17.7 Å². The van der Waals surface area contributed by atoms with Gasteiger partial charge in [-0.25, -0.2) is 0 Å². The van der Waals surface area contributed by atoms with Crippen molar-refractivity contribution in [1.29, 1.82) is 0 Å². The van der Waals surface area contributed by atoms with Crippen LogP contribution in [-0.4, -0.2) is 35.7 Å². The van der Waals surface area contributed by atoms with Crippen LogP contribution < -0.4 is 5.32 Å². The lowest BCUT2D eigenvalue weighted by atomic mass is 10.1. The number of non-ortho nitro benzene ring substituents is 1. The summed E-state index contributed by atoms with van der Waals surface area (Å²) in [5, 5.41) is 13.0. The third kappa shape index (κ3) is 5.23. The van der Waals surface area contributed by atoms with E-state index in [2.05, 4.69) is 5.32 Å².